The Morgan fingerprint density at radius 3 is 2.45 bits per heavy atom. The average Bonchev–Trinajstić information content (AvgIpc) is 3.24. The van der Waals surface area contributed by atoms with Gasteiger partial charge < -0.3 is 21.4 Å². The molecule has 33 heavy (non-hydrogen) atoms. The van der Waals surface area contributed by atoms with Crippen LogP contribution in [0, 0.1) is 5.82 Å². The first-order valence-electron chi connectivity index (χ1n) is 10.5. The molecule has 5 N–H and O–H groups in total. The van der Waals surface area contributed by atoms with Gasteiger partial charge in [-0.3, -0.25) is 9.59 Å². The number of imidazole rings is 1. The van der Waals surface area contributed by atoms with Crippen molar-refractivity contribution in [3.05, 3.63) is 89.0 Å². The lowest BCUT2D eigenvalue weighted by molar-refractivity contribution is 0.0950. The lowest BCUT2D eigenvalue weighted by Gasteiger charge is -2.09. The van der Waals surface area contributed by atoms with E-state index in [9.17, 15) is 14.0 Å². The molecule has 0 fully saturated rings. The Balaban J connectivity index is 1.38. The zero-order chi connectivity index (χ0) is 23.5. The second kappa shape index (κ2) is 9.12. The Hall–Kier alpha value is -4.20. The number of aromatic nitrogens is 2. The minimum Gasteiger partial charge on any atom is -0.397 e. The van der Waals surface area contributed by atoms with Gasteiger partial charge in [0.05, 0.1) is 22.4 Å². The quantitative estimate of drug-likeness (QED) is 0.325. The van der Waals surface area contributed by atoms with Gasteiger partial charge in [0, 0.05) is 23.6 Å². The van der Waals surface area contributed by atoms with E-state index in [-0.39, 0.29) is 23.2 Å². The number of hydrogen-bond donors (Lipinski definition) is 4. The molecule has 0 aliphatic heterocycles. The summed E-state index contributed by atoms with van der Waals surface area (Å²) in [7, 11) is 0. The molecule has 8 heteroatoms. The van der Waals surface area contributed by atoms with E-state index in [1.807, 2.05) is 6.07 Å². The summed E-state index contributed by atoms with van der Waals surface area (Å²) in [4.78, 5) is 32.8. The number of halogens is 1. The van der Waals surface area contributed by atoms with E-state index in [2.05, 4.69) is 34.4 Å². The first kappa shape index (κ1) is 22.0. The van der Waals surface area contributed by atoms with Crippen molar-refractivity contribution < 1.29 is 14.0 Å². The molecule has 0 saturated heterocycles. The predicted molar refractivity (Wildman–Crippen MR) is 127 cm³/mol. The summed E-state index contributed by atoms with van der Waals surface area (Å²) >= 11 is 0. The molecule has 0 saturated carbocycles. The number of nitrogens with zero attached hydrogens (tertiary/aromatic N) is 1. The van der Waals surface area contributed by atoms with Crippen molar-refractivity contribution >= 4 is 34.2 Å². The van der Waals surface area contributed by atoms with E-state index < -0.39 is 11.7 Å². The number of hydrogen-bond acceptors (Lipinski definition) is 4. The highest BCUT2D eigenvalue weighted by atomic mass is 19.1. The summed E-state index contributed by atoms with van der Waals surface area (Å²) in [6.07, 6.45) is 0. The van der Waals surface area contributed by atoms with Crippen LogP contribution in [0.3, 0.4) is 0 Å². The third-order valence-corrected chi connectivity index (χ3v) is 5.24. The molecule has 0 spiro atoms. The number of fused-ring (bicyclic) bond motifs is 1. The normalized spacial score (nSPS) is 11.0. The third-order valence-electron chi connectivity index (χ3n) is 5.24. The Bertz CT molecular complexity index is 1330. The van der Waals surface area contributed by atoms with Gasteiger partial charge in [-0.05, 0) is 54.1 Å². The van der Waals surface area contributed by atoms with Gasteiger partial charge in [-0.2, -0.15) is 0 Å². The molecule has 4 aromatic rings. The minimum atomic E-state index is -0.488. The number of rotatable bonds is 6. The molecule has 0 radical (unpaired) electrons. The van der Waals surface area contributed by atoms with E-state index in [4.69, 9.17) is 5.73 Å². The Morgan fingerprint density at radius 1 is 1.00 bits per heavy atom. The molecule has 2 amide bonds. The first-order valence-corrected chi connectivity index (χ1v) is 10.5. The number of benzene rings is 3. The molecular weight excluding hydrogens is 421 g/mol. The Morgan fingerprint density at radius 2 is 1.73 bits per heavy atom. The van der Waals surface area contributed by atoms with Crippen molar-refractivity contribution in [3.8, 4) is 0 Å². The van der Waals surface area contributed by atoms with E-state index in [1.54, 1.807) is 36.4 Å². The zero-order valence-electron chi connectivity index (χ0n) is 18.3. The van der Waals surface area contributed by atoms with E-state index in [1.165, 1.54) is 18.2 Å². The number of carbonyl (C=O) groups is 2. The van der Waals surface area contributed by atoms with Gasteiger partial charge in [0.25, 0.3) is 11.8 Å². The second-order valence-corrected chi connectivity index (χ2v) is 8.07. The number of aromatic amines is 1. The highest BCUT2D eigenvalue weighted by Gasteiger charge is 2.12. The molecule has 168 valence electrons. The topological polar surface area (TPSA) is 113 Å². The fourth-order valence-electron chi connectivity index (χ4n) is 3.33. The van der Waals surface area contributed by atoms with Crippen molar-refractivity contribution in [1.82, 2.24) is 15.3 Å². The van der Waals surface area contributed by atoms with Crippen LogP contribution in [0.2, 0.25) is 0 Å². The number of nitrogens with one attached hydrogen (secondary N) is 3. The molecule has 0 aliphatic carbocycles. The highest BCUT2D eigenvalue weighted by Crippen LogP contribution is 2.21. The van der Waals surface area contributed by atoms with Crippen LogP contribution in [0.25, 0.3) is 11.0 Å². The molecular formula is C25H24FN5O2. The van der Waals surface area contributed by atoms with Crippen LogP contribution in [0.15, 0.2) is 60.7 Å². The first-order chi connectivity index (χ1) is 15.8. The number of anilines is 2. The summed E-state index contributed by atoms with van der Waals surface area (Å²) in [5.74, 6) is 0.0489. The monoisotopic (exact) mass is 445 g/mol. The lowest BCUT2D eigenvalue weighted by Crippen LogP contribution is -2.22. The maximum Gasteiger partial charge on any atom is 0.255 e. The van der Waals surface area contributed by atoms with Crippen LogP contribution >= 0.6 is 0 Å². The second-order valence-electron chi connectivity index (χ2n) is 8.07. The van der Waals surface area contributed by atoms with Gasteiger partial charge in [-0.1, -0.05) is 26.0 Å². The van der Waals surface area contributed by atoms with Gasteiger partial charge in [0.15, 0.2) is 0 Å². The molecule has 7 nitrogen and oxygen atoms in total. The van der Waals surface area contributed by atoms with Crippen molar-refractivity contribution in [2.75, 3.05) is 11.1 Å². The number of nitrogen functional groups attached to an aromatic ring is 1. The van der Waals surface area contributed by atoms with Gasteiger partial charge in [0.1, 0.15) is 11.6 Å². The number of H-pyrrole nitrogens is 1. The van der Waals surface area contributed by atoms with Gasteiger partial charge in [0.2, 0.25) is 0 Å². The Kier molecular flexibility index (Phi) is 6.08. The standard InChI is InChI=1S/C25H24FN5O2/c1-14(2)23-29-20-10-7-17(11-22(20)30-23)24(32)28-13-15-3-5-16(6-4-15)25(33)31-21-12-18(26)8-9-19(21)27/h3-12,14H,13,27H2,1-2H3,(H,28,32)(H,29,30)(H,31,33). The van der Waals surface area contributed by atoms with Crippen molar-refractivity contribution in [2.45, 2.75) is 26.3 Å². The predicted octanol–water partition coefficient (Wildman–Crippen LogP) is 4.59. The number of amides is 2. The van der Waals surface area contributed by atoms with Gasteiger partial charge in [-0.25, -0.2) is 9.37 Å². The number of carbonyl (C=O) groups excluding carboxylic acids is 2. The van der Waals surface area contributed by atoms with Crippen LogP contribution in [0.5, 0.6) is 0 Å². The SMILES string of the molecule is CC(C)c1nc2ccc(C(=O)NCc3ccc(C(=O)Nc4cc(F)ccc4N)cc3)cc2[nH]1. The van der Waals surface area contributed by atoms with Crippen LogP contribution < -0.4 is 16.4 Å². The van der Waals surface area contributed by atoms with E-state index in [0.29, 0.717) is 17.7 Å². The van der Waals surface area contributed by atoms with Gasteiger partial charge in [-0.15, -0.1) is 0 Å². The van der Waals surface area contributed by atoms with Crippen molar-refractivity contribution in [1.29, 1.82) is 0 Å². The van der Waals surface area contributed by atoms with Crippen LogP contribution in [0.4, 0.5) is 15.8 Å². The van der Waals surface area contributed by atoms with Crippen LogP contribution in [-0.2, 0) is 6.54 Å². The molecule has 0 unspecified atom stereocenters. The summed E-state index contributed by atoms with van der Waals surface area (Å²) in [5.41, 5.74) is 9.66. The highest BCUT2D eigenvalue weighted by molar-refractivity contribution is 6.05. The average molecular weight is 445 g/mol. The van der Waals surface area contributed by atoms with Crippen molar-refractivity contribution in [3.63, 3.8) is 0 Å². The molecule has 0 atom stereocenters. The smallest absolute Gasteiger partial charge is 0.255 e. The molecule has 3 aromatic carbocycles. The lowest BCUT2D eigenvalue weighted by atomic mass is 10.1. The van der Waals surface area contributed by atoms with E-state index in [0.717, 1.165) is 22.4 Å². The van der Waals surface area contributed by atoms with Crippen LogP contribution in [0.1, 0.15) is 51.9 Å². The van der Waals surface area contributed by atoms with Crippen LogP contribution in [-0.4, -0.2) is 21.8 Å². The van der Waals surface area contributed by atoms with Crippen molar-refractivity contribution in [2.24, 2.45) is 0 Å². The molecule has 4 rings (SSSR count). The summed E-state index contributed by atoms with van der Waals surface area (Å²) in [6.45, 7) is 4.41. The Labute approximate surface area is 190 Å². The maximum absolute atomic E-state index is 13.4. The van der Waals surface area contributed by atoms with Gasteiger partial charge >= 0.3 is 0 Å². The summed E-state index contributed by atoms with van der Waals surface area (Å²) in [5, 5.41) is 5.48. The summed E-state index contributed by atoms with van der Waals surface area (Å²) < 4.78 is 13.4. The molecule has 1 aromatic heterocycles. The fourth-order valence-corrected chi connectivity index (χ4v) is 3.33. The van der Waals surface area contributed by atoms with E-state index >= 15 is 0 Å². The molecule has 0 bridgehead atoms. The maximum atomic E-state index is 13.4. The summed E-state index contributed by atoms with van der Waals surface area (Å²) in [6, 6.07) is 15.9. The number of nitrogens with two attached hydrogens (primary N) is 1. The third kappa shape index (κ3) is 5.01. The molecule has 1 heterocycles. The fraction of sp³-hybridized carbons (Fsp3) is 0.160. The zero-order valence-corrected chi connectivity index (χ0v) is 18.3. The molecule has 0 aliphatic rings. The minimum absolute atomic E-state index is 0.207. The largest absolute Gasteiger partial charge is 0.397 e.